The molecule has 3 unspecified atom stereocenters. The Morgan fingerprint density at radius 1 is 0.618 bits per heavy atom. The molecular formula is C46H93N2O6P. The lowest BCUT2D eigenvalue weighted by Gasteiger charge is -2.29. The number of hydrogen-bond donors (Lipinski definition) is 2. The third kappa shape index (κ3) is 41.2. The number of allylic oxidation sites excluding steroid dienone is 1. The Hall–Kier alpha value is -0.760. The van der Waals surface area contributed by atoms with Gasteiger partial charge in [-0.1, -0.05) is 219 Å². The number of phosphoric ester groups is 1. The van der Waals surface area contributed by atoms with Crippen molar-refractivity contribution in [3.05, 3.63) is 12.2 Å². The molecule has 0 aliphatic heterocycles. The van der Waals surface area contributed by atoms with E-state index in [1.165, 1.54) is 167 Å². The Kier molecular flexibility index (Phi) is 38.2. The van der Waals surface area contributed by atoms with Crippen LogP contribution in [0.2, 0.25) is 0 Å². The number of nitrogens with one attached hydrogen (secondary N) is 1. The Morgan fingerprint density at radius 3 is 1.35 bits per heavy atom. The first kappa shape index (κ1) is 54.2. The van der Waals surface area contributed by atoms with E-state index in [4.69, 9.17) is 9.05 Å². The fourth-order valence-corrected chi connectivity index (χ4v) is 7.69. The van der Waals surface area contributed by atoms with E-state index in [0.29, 0.717) is 17.4 Å². The molecule has 9 heteroatoms. The number of amides is 1. The van der Waals surface area contributed by atoms with Crippen molar-refractivity contribution in [2.75, 3.05) is 40.9 Å². The number of phosphoric acid groups is 1. The summed E-state index contributed by atoms with van der Waals surface area (Å²) in [6, 6.07) is -0.877. The van der Waals surface area contributed by atoms with Crippen molar-refractivity contribution in [2.45, 2.75) is 238 Å². The van der Waals surface area contributed by atoms with Gasteiger partial charge in [-0.3, -0.25) is 9.36 Å². The zero-order valence-corrected chi connectivity index (χ0v) is 38.0. The number of quaternary nitrogens is 1. The Morgan fingerprint density at radius 2 is 0.982 bits per heavy atom. The van der Waals surface area contributed by atoms with Gasteiger partial charge in [0.05, 0.1) is 39.9 Å². The van der Waals surface area contributed by atoms with Crippen LogP contribution in [0.3, 0.4) is 0 Å². The first-order valence-corrected chi connectivity index (χ1v) is 25.0. The van der Waals surface area contributed by atoms with Crippen molar-refractivity contribution in [1.82, 2.24) is 5.32 Å². The number of carbonyl (C=O) groups is 1. The second-order valence-corrected chi connectivity index (χ2v) is 18.9. The van der Waals surface area contributed by atoms with Crippen LogP contribution in [0.4, 0.5) is 0 Å². The average Bonchev–Trinajstić information content (AvgIpc) is 3.13. The first-order chi connectivity index (χ1) is 26.5. The highest BCUT2D eigenvalue weighted by atomic mass is 31.2. The van der Waals surface area contributed by atoms with Crippen LogP contribution in [0.1, 0.15) is 226 Å². The third-order valence-corrected chi connectivity index (χ3v) is 11.7. The molecule has 0 aromatic rings. The van der Waals surface area contributed by atoms with Crippen LogP contribution in [0.15, 0.2) is 12.2 Å². The first-order valence-electron chi connectivity index (χ1n) is 23.6. The smallest absolute Gasteiger partial charge is 0.268 e. The molecule has 0 aliphatic rings. The van der Waals surface area contributed by atoms with Crippen LogP contribution in [0, 0.1) is 0 Å². The molecule has 0 radical (unpaired) electrons. The standard InChI is InChI=1S/C46H93N2O6P/c1-6-8-10-12-13-14-15-16-17-18-19-20-21-22-23-24-25-26-27-28-29-30-31-32-33-34-35-36-38-40-46(50)47-44(45(49)39-37-11-9-7-2)43-54-55(51,52)53-42-41-48(3,4)5/h37,39,44-45,49H,6-36,38,40-43H2,1-5H3,(H-,47,50,51,52)/b39-37+. The van der Waals surface area contributed by atoms with Crippen molar-refractivity contribution in [2.24, 2.45) is 0 Å². The molecule has 2 N–H and O–H groups in total. The van der Waals surface area contributed by atoms with E-state index >= 15 is 0 Å². The van der Waals surface area contributed by atoms with Gasteiger partial charge in [-0.2, -0.15) is 0 Å². The summed E-state index contributed by atoms with van der Waals surface area (Å²) in [7, 11) is 1.26. The van der Waals surface area contributed by atoms with E-state index in [1.807, 2.05) is 27.2 Å². The zero-order valence-electron chi connectivity index (χ0n) is 37.1. The number of unbranched alkanes of at least 4 members (excludes halogenated alkanes) is 30. The topological polar surface area (TPSA) is 108 Å². The monoisotopic (exact) mass is 801 g/mol. The lowest BCUT2D eigenvalue weighted by molar-refractivity contribution is -0.870. The maximum atomic E-state index is 12.7. The number of aliphatic hydroxyl groups excluding tert-OH is 1. The number of nitrogens with zero attached hydrogens (tertiary/aromatic N) is 1. The van der Waals surface area contributed by atoms with Gasteiger partial charge in [0.1, 0.15) is 13.2 Å². The normalized spacial score (nSPS) is 14.4. The minimum Gasteiger partial charge on any atom is -0.756 e. The quantitative estimate of drug-likeness (QED) is 0.0275. The summed E-state index contributed by atoms with van der Waals surface area (Å²) < 4.78 is 22.9. The molecule has 0 rings (SSSR count). The van der Waals surface area contributed by atoms with E-state index < -0.39 is 20.0 Å². The van der Waals surface area contributed by atoms with Crippen LogP contribution >= 0.6 is 7.82 Å². The van der Waals surface area contributed by atoms with Crippen LogP contribution < -0.4 is 10.2 Å². The fourth-order valence-electron chi connectivity index (χ4n) is 6.96. The molecular weight excluding hydrogens is 707 g/mol. The van der Waals surface area contributed by atoms with Crippen LogP contribution in [-0.4, -0.2) is 68.5 Å². The van der Waals surface area contributed by atoms with Gasteiger partial charge < -0.3 is 28.8 Å². The van der Waals surface area contributed by atoms with E-state index in [1.54, 1.807) is 6.08 Å². The van der Waals surface area contributed by atoms with Crippen LogP contribution in [0.5, 0.6) is 0 Å². The van der Waals surface area contributed by atoms with Gasteiger partial charge in [0.15, 0.2) is 0 Å². The Bertz CT molecular complexity index is 911. The molecule has 0 aromatic carbocycles. The van der Waals surface area contributed by atoms with Crippen LogP contribution in [-0.2, 0) is 18.4 Å². The second-order valence-electron chi connectivity index (χ2n) is 17.5. The predicted molar refractivity (Wildman–Crippen MR) is 233 cm³/mol. The van der Waals surface area contributed by atoms with E-state index in [9.17, 15) is 19.4 Å². The lowest BCUT2D eigenvalue weighted by atomic mass is 10.0. The summed E-state index contributed by atoms with van der Waals surface area (Å²) in [5.41, 5.74) is 0. The van der Waals surface area contributed by atoms with Crippen LogP contribution in [0.25, 0.3) is 0 Å². The zero-order chi connectivity index (χ0) is 40.7. The minimum absolute atomic E-state index is 0.000443. The highest BCUT2D eigenvalue weighted by molar-refractivity contribution is 7.45. The second kappa shape index (κ2) is 38.7. The molecule has 328 valence electrons. The van der Waals surface area contributed by atoms with E-state index in [2.05, 4.69) is 19.2 Å². The molecule has 0 bridgehead atoms. The van der Waals surface area contributed by atoms with Crippen molar-refractivity contribution < 1.29 is 32.9 Å². The van der Waals surface area contributed by atoms with Gasteiger partial charge in [-0.05, 0) is 12.8 Å². The van der Waals surface area contributed by atoms with Gasteiger partial charge in [0, 0.05) is 6.42 Å². The molecule has 3 atom stereocenters. The summed E-state index contributed by atoms with van der Waals surface area (Å²) in [5, 5.41) is 13.5. The molecule has 8 nitrogen and oxygen atoms in total. The highest BCUT2D eigenvalue weighted by Crippen LogP contribution is 2.38. The number of carbonyl (C=O) groups excluding carboxylic acids is 1. The summed E-state index contributed by atoms with van der Waals surface area (Å²) in [5.74, 6) is -0.202. The van der Waals surface area contributed by atoms with Gasteiger partial charge in [-0.15, -0.1) is 0 Å². The maximum absolute atomic E-state index is 12.7. The molecule has 1 amide bonds. The number of hydrogen-bond acceptors (Lipinski definition) is 6. The van der Waals surface area contributed by atoms with Crippen molar-refractivity contribution in [3.8, 4) is 0 Å². The maximum Gasteiger partial charge on any atom is 0.268 e. The summed E-state index contributed by atoms with van der Waals surface area (Å²) in [6.07, 6.45) is 45.0. The molecule has 0 heterocycles. The van der Waals surface area contributed by atoms with Crippen molar-refractivity contribution in [1.29, 1.82) is 0 Å². The van der Waals surface area contributed by atoms with E-state index in [0.717, 1.165) is 38.5 Å². The number of aliphatic hydroxyl groups is 1. The van der Waals surface area contributed by atoms with Gasteiger partial charge >= 0.3 is 0 Å². The minimum atomic E-state index is -4.56. The summed E-state index contributed by atoms with van der Waals surface area (Å²) >= 11 is 0. The number of likely N-dealkylation sites (N-methyl/N-ethyl adjacent to an activating group) is 1. The molecule has 0 spiro atoms. The Labute approximate surface area is 342 Å². The molecule has 0 saturated carbocycles. The Balaban J connectivity index is 3.78. The van der Waals surface area contributed by atoms with Gasteiger partial charge in [0.25, 0.3) is 7.82 Å². The van der Waals surface area contributed by atoms with Crippen molar-refractivity contribution >= 4 is 13.7 Å². The largest absolute Gasteiger partial charge is 0.756 e. The molecule has 0 aromatic heterocycles. The average molecular weight is 801 g/mol. The van der Waals surface area contributed by atoms with Gasteiger partial charge in [0.2, 0.25) is 5.91 Å². The fraction of sp³-hybridized carbons (Fsp3) is 0.935. The highest BCUT2D eigenvalue weighted by Gasteiger charge is 2.23. The number of rotatable bonds is 43. The SMILES string of the molecule is CCCC/C=C/C(O)C(COP(=O)([O-])OCC[N+](C)(C)C)NC(=O)CCCCCCCCCCCCCCCCCCCCCCCCCCCCCCC. The molecule has 55 heavy (non-hydrogen) atoms. The predicted octanol–water partition coefficient (Wildman–Crippen LogP) is 12.5. The third-order valence-electron chi connectivity index (χ3n) is 10.7. The van der Waals surface area contributed by atoms with E-state index in [-0.39, 0.29) is 19.1 Å². The van der Waals surface area contributed by atoms with Crippen molar-refractivity contribution in [3.63, 3.8) is 0 Å². The molecule has 0 fully saturated rings. The lowest BCUT2D eigenvalue weighted by Crippen LogP contribution is -2.45. The summed E-state index contributed by atoms with van der Waals surface area (Å²) in [4.78, 5) is 25.0. The molecule has 0 aliphatic carbocycles. The molecule has 0 saturated heterocycles. The van der Waals surface area contributed by atoms with Gasteiger partial charge in [-0.25, -0.2) is 0 Å². The summed E-state index contributed by atoms with van der Waals surface area (Å²) in [6.45, 7) is 4.51.